The smallest absolute Gasteiger partial charge is 0.230 e. The summed E-state index contributed by atoms with van der Waals surface area (Å²) >= 11 is 12.0. The fourth-order valence-corrected chi connectivity index (χ4v) is 2.52. The molecule has 1 amide bonds. The van der Waals surface area contributed by atoms with Crippen molar-refractivity contribution < 1.29 is 4.79 Å². The van der Waals surface area contributed by atoms with Gasteiger partial charge in [-0.1, -0.05) is 59.6 Å². The molecule has 0 aliphatic carbocycles. The van der Waals surface area contributed by atoms with E-state index in [1.165, 1.54) is 0 Å². The minimum Gasteiger partial charge on any atom is -0.351 e. The van der Waals surface area contributed by atoms with Crippen molar-refractivity contribution in [2.75, 3.05) is 0 Å². The van der Waals surface area contributed by atoms with Gasteiger partial charge < -0.3 is 5.32 Å². The number of benzene rings is 2. The highest BCUT2D eigenvalue weighted by atomic mass is 35.5. The van der Waals surface area contributed by atoms with Crippen molar-refractivity contribution in [2.45, 2.75) is 25.8 Å². The van der Waals surface area contributed by atoms with Crippen molar-refractivity contribution in [3.63, 3.8) is 0 Å². The molecule has 21 heavy (non-hydrogen) atoms. The van der Waals surface area contributed by atoms with Crippen LogP contribution in [-0.4, -0.2) is 5.91 Å². The van der Waals surface area contributed by atoms with Crippen molar-refractivity contribution in [3.8, 4) is 0 Å². The van der Waals surface area contributed by atoms with Crippen LogP contribution in [-0.2, 0) is 16.8 Å². The standard InChI is InChI=1S/C17H17Cl2NO/c1-17(2,13-6-4-3-5-7-13)16(21)20-11-12-8-9-14(18)10-15(12)19/h3-10H,11H2,1-2H3,(H,20,21). The number of hydrogen-bond acceptors (Lipinski definition) is 1. The topological polar surface area (TPSA) is 29.1 Å². The molecule has 110 valence electrons. The molecule has 2 rings (SSSR count). The van der Waals surface area contributed by atoms with E-state index in [0.717, 1.165) is 11.1 Å². The first kappa shape index (κ1) is 15.9. The molecule has 4 heteroatoms. The quantitative estimate of drug-likeness (QED) is 0.876. The van der Waals surface area contributed by atoms with Crippen LogP contribution in [0.4, 0.5) is 0 Å². The minimum atomic E-state index is -0.597. The van der Waals surface area contributed by atoms with Crippen molar-refractivity contribution in [1.82, 2.24) is 5.32 Å². The Kier molecular flexibility index (Phi) is 4.92. The van der Waals surface area contributed by atoms with Crippen LogP contribution < -0.4 is 5.32 Å². The summed E-state index contributed by atoms with van der Waals surface area (Å²) in [6.45, 7) is 4.19. The van der Waals surface area contributed by atoms with Crippen LogP contribution in [0.2, 0.25) is 10.0 Å². The molecule has 0 radical (unpaired) electrons. The Labute approximate surface area is 135 Å². The van der Waals surface area contributed by atoms with Gasteiger partial charge in [0.15, 0.2) is 0 Å². The van der Waals surface area contributed by atoms with E-state index < -0.39 is 5.41 Å². The molecule has 0 saturated carbocycles. The SMILES string of the molecule is CC(C)(C(=O)NCc1ccc(Cl)cc1Cl)c1ccccc1. The zero-order valence-corrected chi connectivity index (χ0v) is 13.5. The predicted octanol–water partition coefficient (Wildman–Crippen LogP) is 4.59. The zero-order chi connectivity index (χ0) is 15.5. The lowest BCUT2D eigenvalue weighted by Gasteiger charge is -2.24. The summed E-state index contributed by atoms with van der Waals surface area (Å²) in [4.78, 5) is 12.4. The number of amides is 1. The van der Waals surface area contributed by atoms with E-state index in [2.05, 4.69) is 5.32 Å². The second-order valence-corrected chi connectivity index (χ2v) is 6.25. The highest BCUT2D eigenvalue weighted by Gasteiger charge is 2.29. The summed E-state index contributed by atoms with van der Waals surface area (Å²) in [5.74, 6) is -0.0419. The molecule has 0 bridgehead atoms. The van der Waals surface area contributed by atoms with Crippen LogP contribution in [0.3, 0.4) is 0 Å². The number of rotatable bonds is 4. The van der Waals surface area contributed by atoms with Gasteiger partial charge in [-0.15, -0.1) is 0 Å². The molecule has 0 saturated heterocycles. The molecule has 2 nitrogen and oxygen atoms in total. The van der Waals surface area contributed by atoms with Crippen LogP contribution in [0.15, 0.2) is 48.5 Å². The number of carbonyl (C=O) groups is 1. The molecule has 0 aliphatic heterocycles. The van der Waals surface area contributed by atoms with Gasteiger partial charge in [0.2, 0.25) is 5.91 Å². The zero-order valence-electron chi connectivity index (χ0n) is 12.0. The normalized spacial score (nSPS) is 11.2. The van der Waals surface area contributed by atoms with E-state index in [1.807, 2.05) is 50.2 Å². The molecule has 2 aromatic rings. The molecular weight excluding hydrogens is 305 g/mol. The minimum absolute atomic E-state index is 0.0419. The lowest BCUT2D eigenvalue weighted by atomic mass is 9.84. The summed E-state index contributed by atoms with van der Waals surface area (Å²) < 4.78 is 0. The molecule has 1 N–H and O–H groups in total. The first-order valence-corrected chi connectivity index (χ1v) is 7.44. The van der Waals surface area contributed by atoms with Crippen LogP contribution in [0.1, 0.15) is 25.0 Å². The van der Waals surface area contributed by atoms with Gasteiger partial charge in [0.25, 0.3) is 0 Å². The second-order valence-electron chi connectivity index (χ2n) is 5.41. The van der Waals surface area contributed by atoms with Gasteiger partial charge in [-0.3, -0.25) is 4.79 Å². The third kappa shape index (κ3) is 3.78. The van der Waals surface area contributed by atoms with Gasteiger partial charge >= 0.3 is 0 Å². The van der Waals surface area contributed by atoms with Gasteiger partial charge in [0, 0.05) is 16.6 Å². The molecule has 2 aromatic carbocycles. The van der Waals surface area contributed by atoms with E-state index in [9.17, 15) is 4.79 Å². The number of hydrogen-bond donors (Lipinski definition) is 1. The molecule has 0 aliphatic rings. The Bertz CT molecular complexity index is 638. The lowest BCUT2D eigenvalue weighted by Crippen LogP contribution is -2.39. The molecule has 0 fully saturated rings. The molecule has 0 unspecified atom stereocenters. The summed E-state index contributed by atoms with van der Waals surface area (Å²) in [6.07, 6.45) is 0. The fourth-order valence-electron chi connectivity index (χ4n) is 2.05. The maximum Gasteiger partial charge on any atom is 0.230 e. The van der Waals surface area contributed by atoms with E-state index in [-0.39, 0.29) is 5.91 Å². The first-order valence-electron chi connectivity index (χ1n) is 6.69. The lowest BCUT2D eigenvalue weighted by molar-refractivity contribution is -0.125. The summed E-state index contributed by atoms with van der Waals surface area (Å²) in [5.41, 5.74) is 1.23. The largest absolute Gasteiger partial charge is 0.351 e. The van der Waals surface area contributed by atoms with Crippen LogP contribution >= 0.6 is 23.2 Å². The second kappa shape index (κ2) is 6.50. The number of halogens is 2. The molecule has 0 heterocycles. The third-order valence-electron chi connectivity index (χ3n) is 3.52. The Morgan fingerprint density at radius 2 is 1.76 bits per heavy atom. The predicted molar refractivity (Wildman–Crippen MR) is 87.8 cm³/mol. The summed E-state index contributed by atoms with van der Waals surface area (Å²) in [5, 5.41) is 4.07. The number of nitrogens with one attached hydrogen (secondary N) is 1. The van der Waals surface area contributed by atoms with E-state index in [0.29, 0.717) is 16.6 Å². The van der Waals surface area contributed by atoms with Gasteiger partial charge in [-0.05, 0) is 37.1 Å². The Morgan fingerprint density at radius 1 is 1.10 bits per heavy atom. The highest BCUT2D eigenvalue weighted by Crippen LogP contribution is 2.24. The van der Waals surface area contributed by atoms with Gasteiger partial charge in [0.1, 0.15) is 0 Å². The van der Waals surface area contributed by atoms with E-state index >= 15 is 0 Å². The van der Waals surface area contributed by atoms with E-state index in [4.69, 9.17) is 23.2 Å². The molecule has 0 spiro atoms. The Morgan fingerprint density at radius 3 is 2.38 bits per heavy atom. The first-order chi connectivity index (χ1) is 9.91. The summed E-state index contributed by atoms with van der Waals surface area (Å²) in [6, 6.07) is 15.0. The number of carbonyl (C=O) groups excluding carboxylic acids is 1. The average molecular weight is 322 g/mol. The van der Waals surface area contributed by atoms with Crippen molar-refractivity contribution in [2.24, 2.45) is 0 Å². The van der Waals surface area contributed by atoms with Gasteiger partial charge in [-0.25, -0.2) is 0 Å². The Hall–Kier alpha value is -1.51. The maximum absolute atomic E-state index is 12.4. The van der Waals surface area contributed by atoms with Gasteiger partial charge in [-0.2, -0.15) is 0 Å². The average Bonchev–Trinajstić information content (AvgIpc) is 2.47. The monoisotopic (exact) mass is 321 g/mol. The Balaban J connectivity index is 2.08. The molecule has 0 atom stereocenters. The molecule has 0 aromatic heterocycles. The van der Waals surface area contributed by atoms with Gasteiger partial charge in [0.05, 0.1) is 5.41 Å². The fraction of sp³-hybridized carbons (Fsp3) is 0.235. The summed E-state index contributed by atoms with van der Waals surface area (Å²) in [7, 11) is 0. The maximum atomic E-state index is 12.4. The van der Waals surface area contributed by atoms with Crippen molar-refractivity contribution in [1.29, 1.82) is 0 Å². The molecular formula is C17H17Cl2NO. The van der Waals surface area contributed by atoms with Crippen LogP contribution in [0.25, 0.3) is 0 Å². The van der Waals surface area contributed by atoms with Crippen LogP contribution in [0, 0.1) is 0 Å². The third-order valence-corrected chi connectivity index (χ3v) is 4.10. The highest BCUT2D eigenvalue weighted by molar-refractivity contribution is 6.35. The van der Waals surface area contributed by atoms with Crippen molar-refractivity contribution in [3.05, 3.63) is 69.7 Å². The van der Waals surface area contributed by atoms with E-state index in [1.54, 1.807) is 12.1 Å². The van der Waals surface area contributed by atoms with Crippen LogP contribution in [0.5, 0.6) is 0 Å². The van der Waals surface area contributed by atoms with Crippen molar-refractivity contribution >= 4 is 29.1 Å².